The van der Waals surface area contributed by atoms with Crippen molar-refractivity contribution < 1.29 is 9.53 Å². The first-order valence-electron chi connectivity index (χ1n) is 8.13. The van der Waals surface area contributed by atoms with Gasteiger partial charge in [0.05, 0.1) is 0 Å². The van der Waals surface area contributed by atoms with E-state index in [4.69, 9.17) is 4.74 Å². The molecule has 1 rings (SSSR count). The molecule has 0 radical (unpaired) electrons. The van der Waals surface area contributed by atoms with Crippen LogP contribution < -0.4 is 5.32 Å². The molecule has 4 nitrogen and oxygen atoms in total. The fourth-order valence-electron chi connectivity index (χ4n) is 2.49. The fourth-order valence-corrected chi connectivity index (χ4v) is 2.49. The zero-order valence-corrected chi connectivity index (χ0v) is 13.7. The van der Waals surface area contributed by atoms with Gasteiger partial charge >= 0.3 is 6.09 Å². The van der Waals surface area contributed by atoms with Gasteiger partial charge in [-0.1, -0.05) is 26.2 Å². The number of hydrogen-bond acceptors (Lipinski definition) is 3. The maximum Gasteiger partial charge on any atom is 0.410 e. The van der Waals surface area contributed by atoms with Crippen LogP contribution in [0.1, 0.15) is 66.2 Å². The third-order valence-electron chi connectivity index (χ3n) is 3.54. The molecule has 0 saturated carbocycles. The standard InChI is InChI=1S/C16H32N2O2/c1-5-6-7-8-11-17-14-10-9-12-18(13-14)15(19)20-16(2,3)4/h14,17H,5-13H2,1-4H3. The highest BCUT2D eigenvalue weighted by Crippen LogP contribution is 2.15. The predicted molar refractivity (Wildman–Crippen MR) is 83.0 cm³/mol. The Morgan fingerprint density at radius 2 is 2.05 bits per heavy atom. The summed E-state index contributed by atoms with van der Waals surface area (Å²) in [4.78, 5) is 13.9. The Balaban J connectivity index is 2.26. The van der Waals surface area contributed by atoms with Gasteiger partial charge in [-0.25, -0.2) is 4.79 Å². The number of rotatable bonds is 6. The molecule has 118 valence electrons. The number of nitrogens with one attached hydrogen (secondary N) is 1. The first-order valence-corrected chi connectivity index (χ1v) is 8.13. The van der Waals surface area contributed by atoms with Crippen molar-refractivity contribution in [2.75, 3.05) is 19.6 Å². The van der Waals surface area contributed by atoms with Crippen LogP contribution in [0.15, 0.2) is 0 Å². The maximum absolute atomic E-state index is 12.1. The molecular weight excluding hydrogens is 252 g/mol. The molecule has 1 fully saturated rings. The number of unbranched alkanes of at least 4 members (excludes halogenated alkanes) is 3. The minimum atomic E-state index is -0.405. The minimum Gasteiger partial charge on any atom is -0.444 e. The van der Waals surface area contributed by atoms with E-state index in [1.165, 1.54) is 25.7 Å². The number of hydrogen-bond donors (Lipinski definition) is 1. The number of likely N-dealkylation sites (tertiary alicyclic amines) is 1. The average Bonchev–Trinajstić information content (AvgIpc) is 2.37. The lowest BCUT2D eigenvalue weighted by Crippen LogP contribution is -2.49. The Bertz CT molecular complexity index is 287. The number of carbonyl (C=O) groups excluding carboxylic acids is 1. The van der Waals surface area contributed by atoms with Crippen molar-refractivity contribution in [2.45, 2.75) is 77.9 Å². The van der Waals surface area contributed by atoms with Gasteiger partial charge < -0.3 is 15.0 Å². The van der Waals surface area contributed by atoms with Crippen LogP contribution in [0, 0.1) is 0 Å². The van der Waals surface area contributed by atoms with E-state index in [1.54, 1.807) is 0 Å². The van der Waals surface area contributed by atoms with E-state index in [0.717, 1.165) is 32.5 Å². The molecule has 1 amide bonds. The van der Waals surface area contributed by atoms with Crippen molar-refractivity contribution >= 4 is 6.09 Å². The summed E-state index contributed by atoms with van der Waals surface area (Å²) in [6.45, 7) is 10.6. The second-order valence-corrected chi connectivity index (χ2v) is 6.78. The van der Waals surface area contributed by atoms with E-state index in [-0.39, 0.29) is 6.09 Å². The van der Waals surface area contributed by atoms with Gasteiger partial charge in [0.25, 0.3) is 0 Å². The van der Waals surface area contributed by atoms with Crippen LogP contribution in [0.3, 0.4) is 0 Å². The molecule has 1 aliphatic heterocycles. The quantitative estimate of drug-likeness (QED) is 0.758. The van der Waals surface area contributed by atoms with E-state index in [1.807, 2.05) is 25.7 Å². The normalized spacial score (nSPS) is 20.0. The second kappa shape index (κ2) is 8.50. The van der Waals surface area contributed by atoms with Crippen molar-refractivity contribution in [2.24, 2.45) is 0 Å². The van der Waals surface area contributed by atoms with Crippen LogP contribution in [0.5, 0.6) is 0 Å². The third-order valence-corrected chi connectivity index (χ3v) is 3.54. The van der Waals surface area contributed by atoms with Gasteiger partial charge in [0.1, 0.15) is 5.60 Å². The largest absolute Gasteiger partial charge is 0.444 e. The van der Waals surface area contributed by atoms with Crippen LogP contribution in [0.25, 0.3) is 0 Å². The molecular formula is C16H32N2O2. The first kappa shape index (κ1) is 17.3. The first-order chi connectivity index (χ1) is 9.42. The number of nitrogens with zero attached hydrogens (tertiary/aromatic N) is 1. The molecule has 0 aromatic carbocycles. The molecule has 1 atom stereocenters. The zero-order valence-electron chi connectivity index (χ0n) is 13.7. The number of ether oxygens (including phenoxy) is 1. The van der Waals surface area contributed by atoms with Crippen LogP contribution in [-0.4, -0.2) is 42.3 Å². The fraction of sp³-hybridized carbons (Fsp3) is 0.938. The number of piperidine rings is 1. The molecule has 0 aliphatic carbocycles. The maximum atomic E-state index is 12.1. The molecule has 4 heteroatoms. The number of carbonyl (C=O) groups is 1. The summed E-state index contributed by atoms with van der Waals surface area (Å²) in [7, 11) is 0. The zero-order chi connectivity index (χ0) is 15.0. The molecule has 1 N–H and O–H groups in total. The molecule has 20 heavy (non-hydrogen) atoms. The Kier molecular flexibility index (Phi) is 7.35. The molecule has 0 aromatic heterocycles. The van der Waals surface area contributed by atoms with Crippen molar-refractivity contribution in [3.05, 3.63) is 0 Å². The Hall–Kier alpha value is -0.770. The molecule has 1 aliphatic rings. The Morgan fingerprint density at radius 1 is 1.30 bits per heavy atom. The van der Waals surface area contributed by atoms with Crippen molar-refractivity contribution in [1.29, 1.82) is 0 Å². The van der Waals surface area contributed by atoms with E-state index in [0.29, 0.717) is 6.04 Å². The summed E-state index contributed by atoms with van der Waals surface area (Å²) in [5, 5.41) is 3.58. The van der Waals surface area contributed by atoms with Gasteiger partial charge in [-0.05, 0) is 46.6 Å². The molecule has 0 spiro atoms. The number of amides is 1. The highest BCUT2D eigenvalue weighted by atomic mass is 16.6. The summed E-state index contributed by atoms with van der Waals surface area (Å²) < 4.78 is 5.44. The Labute approximate surface area is 124 Å². The highest BCUT2D eigenvalue weighted by molar-refractivity contribution is 5.68. The van der Waals surface area contributed by atoms with Crippen LogP contribution in [0.4, 0.5) is 4.79 Å². The van der Waals surface area contributed by atoms with E-state index < -0.39 is 5.60 Å². The van der Waals surface area contributed by atoms with Gasteiger partial charge in [0, 0.05) is 19.1 Å². The van der Waals surface area contributed by atoms with Crippen molar-refractivity contribution in [3.8, 4) is 0 Å². The van der Waals surface area contributed by atoms with Gasteiger partial charge in [0.15, 0.2) is 0 Å². The topological polar surface area (TPSA) is 41.6 Å². The SMILES string of the molecule is CCCCCCNC1CCCN(C(=O)OC(C)(C)C)C1. The molecule has 0 bridgehead atoms. The van der Waals surface area contributed by atoms with Gasteiger partial charge in [0.2, 0.25) is 0 Å². The van der Waals surface area contributed by atoms with E-state index in [9.17, 15) is 4.79 Å². The summed E-state index contributed by atoms with van der Waals surface area (Å²) in [5.74, 6) is 0. The monoisotopic (exact) mass is 284 g/mol. The van der Waals surface area contributed by atoms with Crippen LogP contribution in [-0.2, 0) is 4.74 Å². The molecule has 1 heterocycles. The lowest BCUT2D eigenvalue weighted by Gasteiger charge is -2.34. The summed E-state index contributed by atoms with van der Waals surface area (Å²) in [5.41, 5.74) is -0.405. The lowest BCUT2D eigenvalue weighted by molar-refractivity contribution is 0.0187. The van der Waals surface area contributed by atoms with Crippen LogP contribution >= 0.6 is 0 Å². The summed E-state index contributed by atoms with van der Waals surface area (Å²) >= 11 is 0. The lowest BCUT2D eigenvalue weighted by atomic mass is 10.1. The van der Waals surface area contributed by atoms with Gasteiger partial charge in [-0.15, -0.1) is 0 Å². The summed E-state index contributed by atoms with van der Waals surface area (Å²) in [6.07, 6.45) is 7.17. The second-order valence-electron chi connectivity index (χ2n) is 6.78. The smallest absolute Gasteiger partial charge is 0.410 e. The van der Waals surface area contributed by atoms with Gasteiger partial charge in [-0.3, -0.25) is 0 Å². The van der Waals surface area contributed by atoms with Crippen molar-refractivity contribution in [3.63, 3.8) is 0 Å². The predicted octanol–water partition coefficient (Wildman–Crippen LogP) is 3.56. The van der Waals surface area contributed by atoms with Crippen LogP contribution in [0.2, 0.25) is 0 Å². The molecule has 1 saturated heterocycles. The molecule has 0 aromatic rings. The average molecular weight is 284 g/mol. The highest BCUT2D eigenvalue weighted by Gasteiger charge is 2.27. The van der Waals surface area contributed by atoms with E-state index in [2.05, 4.69) is 12.2 Å². The molecule has 1 unspecified atom stereocenters. The summed E-state index contributed by atoms with van der Waals surface area (Å²) in [6, 6.07) is 0.429. The van der Waals surface area contributed by atoms with E-state index >= 15 is 0 Å². The third kappa shape index (κ3) is 7.13. The van der Waals surface area contributed by atoms with Crippen molar-refractivity contribution in [1.82, 2.24) is 10.2 Å². The Morgan fingerprint density at radius 3 is 2.70 bits per heavy atom. The van der Waals surface area contributed by atoms with Gasteiger partial charge in [-0.2, -0.15) is 0 Å². The minimum absolute atomic E-state index is 0.171.